The van der Waals surface area contributed by atoms with E-state index in [4.69, 9.17) is 9.47 Å². The smallest absolute Gasteiger partial charge is 0.124 e. The molecule has 2 saturated heterocycles. The van der Waals surface area contributed by atoms with Crippen molar-refractivity contribution in [1.29, 1.82) is 0 Å². The lowest BCUT2D eigenvalue weighted by Crippen LogP contribution is -2.34. The van der Waals surface area contributed by atoms with Crippen molar-refractivity contribution in [2.45, 2.75) is 44.2 Å². The molecule has 2 aliphatic heterocycles. The minimum Gasteiger partial charge on any atom is -0.490 e. The Kier molecular flexibility index (Phi) is 3.76. The fraction of sp³-hybridized carbons (Fsp3) is 0.625. The van der Waals surface area contributed by atoms with Gasteiger partial charge in [0, 0.05) is 23.9 Å². The third kappa shape index (κ3) is 2.77. The molecule has 0 amide bonds. The third-order valence-electron chi connectivity index (χ3n) is 4.31. The van der Waals surface area contributed by atoms with Gasteiger partial charge in [-0.3, -0.25) is 0 Å². The standard InChI is InChI=1S/C16H23NO2/c1-16(9-4-10-17-16)14-5-2-3-6-15(14)19-13-7-11-18-12-8-13/h2-3,5-6,13,17H,4,7-12H2,1H3. The van der Waals surface area contributed by atoms with Crippen LogP contribution in [0.5, 0.6) is 5.75 Å². The summed E-state index contributed by atoms with van der Waals surface area (Å²) >= 11 is 0. The lowest BCUT2D eigenvalue weighted by molar-refractivity contribution is 0.0247. The highest BCUT2D eigenvalue weighted by molar-refractivity contribution is 5.39. The fourth-order valence-corrected chi connectivity index (χ4v) is 3.12. The van der Waals surface area contributed by atoms with Crippen LogP contribution in [0.1, 0.15) is 38.2 Å². The number of benzene rings is 1. The summed E-state index contributed by atoms with van der Waals surface area (Å²) in [5.41, 5.74) is 1.38. The number of hydrogen-bond acceptors (Lipinski definition) is 3. The molecule has 2 fully saturated rings. The third-order valence-corrected chi connectivity index (χ3v) is 4.31. The highest BCUT2D eigenvalue weighted by Crippen LogP contribution is 2.36. The van der Waals surface area contributed by atoms with E-state index in [1.165, 1.54) is 18.4 Å². The molecule has 0 spiro atoms. The Morgan fingerprint density at radius 2 is 2.05 bits per heavy atom. The lowest BCUT2D eigenvalue weighted by Gasteiger charge is -2.30. The molecule has 1 N–H and O–H groups in total. The van der Waals surface area contributed by atoms with Crippen LogP contribution in [0.25, 0.3) is 0 Å². The zero-order chi connectivity index (χ0) is 13.1. The van der Waals surface area contributed by atoms with Gasteiger partial charge in [-0.2, -0.15) is 0 Å². The second-order valence-corrected chi connectivity index (χ2v) is 5.79. The van der Waals surface area contributed by atoms with Crippen molar-refractivity contribution in [2.24, 2.45) is 0 Å². The van der Waals surface area contributed by atoms with E-state index in [1.807, 2.05) is 0 Å². The molecule has 1 unspecified atom stereocenters. The molecular weight excluding hydrogens is 238 g/mol. The van der Waals surface area contributed by atoms with Gasteiger partial charge in [-0.25, -0.2) is 0 Å². The summed E-state index contributed by atoms with van der Waals surface area (Å²) < 4.78 is 11.6. The van der Waals surface area contributed by atoms with Gasteiger partial charge < -0.3 is 14.8 Å². The first kappa shape index (κ1) is 12.9. The van der Waals surface area contributed by atoms with Crippen molar-refractivity contribution < 1.29 is 9.47 Å². The topological polar surface area (TPSA) is 30.5 Å². The van der Waals surface area contributed by atoms with Gasteiger partial charge in [0.25, 0.3) is 0 Å². The van der Waals surface area contributed by atoms with Crippen LogP contribution in [-0.2, 0) is 10.3 Å². The van der Waals surface area contributed by atoms with Crippen LogP contribution in [0.3, 0.4) is 0 Å². The minimum absolute atomic E-state index is 0.0712. The molecular formula is C16H23NO2. The lowest BCUT2D eigenvalue weighted by atomic mass is 9.90. The van der Waals surface area contributed by atoms with Gasteiger partial charge in [-0.05, 0) is 32.4 Å². The zero-order valence-electron chi connectivity index (χ0n) is 11.7. The van der Waals surface area contributed by atoms with E-state index in [1.54, 1.807) is 0 Å². The molecule has 0 saturated carbocycles. The molecule has 0 bridgehead atoms. The van der Waals surface area contributed by atoms with Gasteiger partial charge in [-0.1, -0.05) is 18.2 Å². The Morgan fingerprint density at radius 1 is 1.26 bits per heavy atom. The van der Waals surface area contributed by atoms with Crippen LogP contribution in [0.4, 0.5) is 0 Å². The summed E-state index contributed by atoms with van der Waals surface area (Å²) in [6, 6.07) is 8.48. The number of hydrogen-bond donors (Lipinski definition) is 1. The van der Waals surface area contributed by atoms with Gasteiger partial charge >= 0.3 is 0 Å². The first-order valence-electron chi connectivity index (χ1n) is 7.37. The van der Waals surface area contributed by atoms with E-state index in [0.717, 1.165) is 38.3 Å². The number of nitrogens with one attached hydrogen (secondary N) is 1. The average molecular weight is 261 g/mol. The van der Waals surface area contributed by atoms with E-state index in [9.17, 15) is 0 Å². The SMILES string of the molecule is CC1(c2ccccc2OC2CCOCC2)CCCN1. The maximum absolute atomic E-state index is 6.24. The maximum Gasteiger partial charge on any atom is 0.124 e. The Morgan fingerprint density at radius 3 is 2.79 bits per heavy atom. The van der Waals surface area contributed by atoms with Crippen molar-refractivity contribution in [3.05, 3.63) is 29.8 Å². The highest BCUT2D eigenvalue weighted by atomic mass is 16.5. The number of ether oxygens (including phenoxy) is 2. The Bertz CT molecular complexity index is 421. The number of rotatable bonds is 3. The molecule has 19 heavy (non-hydrogen) atoms. The van der Waals surface area contributed by atoms with E-state index in [-0.39, 0.29) is 5.54 Å². The Hall–Kier alpha value is -1.06. The number of para-hydroxylation sites is 1. The molecule has 3 nitrogen and oxygen atoms in total. The zero-order valence-corrected chi connectivity index (χ0v) is 11.7. The van der Waals surface area contributed by atoms with Crippen LogP contribution in [0.15, 0.2) is 24.3 Å². The van der Waals surface area contributed by atoms with Crippen molar-refractivity contribution in [1.82, 2.24) is 5.32 Å². The van der Waals surface area contributed by atoms with Gasteiger partial charge in [0.1, 0.15) is 11.9 Å². The molecule has 1 atom stereocenters. The molecule has 2 aliphatic rings. The van der Waals surface area contributed by atoms with Crippen molar-refractivity contribution in [3.63, 3.8) is 0 Å². The van der Waals surface area contributed by atoms with Crippen LogP contribution < -0.4 is 10.1 Å². The second-order valence-electron chi connectivity index (χ2n) is 5.79. The van der Waals surface area contributed by atoms with Crippen molar-refractivity contribution >= 4 is 0 Å². The summed E-state index contributed by atoms with van der Waals surface area (Å²) in [4.78, 5) is 0. The largest absolute Gasteiger partial charge is 0.490 e. The molecule has 3 rings (SSSR count). The van der Waals surface area contributed by atoms with Gasteiger partial charge in [0.05, 0.1) is 13.2 Å². The van der Waals surface area contributed by atoms with Gasteiger partial charge in [0.2, 0.25) is 0 Å². The Labute approximate surface area is 115 Å². The normalized spacial score (nSPS) is 28.5. The van der Waals surface area contributed by atoms with Crippen LogP contribution in [-0.4, -0.2) is 25.9 Å². The van der Waals surface area contributed by atoms with E-state index < -0.39 is 0 Å². The van der Waals surface area contributed by atoms with E-state index >= 15 is 0 Å². The van der Waals surface area contributed by atoms with Crippen molar-refractivity contribution in [2.75, 3.05) is 19.8 Å². The average Bonchev–Trinajstić information content (AvgIpc) is 2.88. The summed E-state index contributed by atoms with van der Waals surface area (Å²) in [6.07, 6.45) is 4.72. The summed E-state index contributed by atoms with van der Waals surface area (Å²) in [5.74, 6) is 1.05. The molecule has 1 aromatic carbocycles. The van der Waals surface area contributed by atoms with Crippen molar-refractivity contribution in [3.8, 4) is 5.75 Å². The monoisotopic (exact) mass is 261 g/mol. The van der Waals surface area contributed by atoms with E-state index in [2.05, 4.69) is 36.5 Å². The maximum atomic E-state index is 6.24. The van der Waals surface area contributed by atoms with Crippen LogP contribution in [0.2, 0.25) is 0 Å². The van der Waals surface area contributed by atoms with E-state index in [0.29, 0.717) is 6.10 Å². The quantitative estimate of drug-likeness (QED) is 0.907. The molecule has 1 aromatic rings. The fourth-order valence-electron chi connectivity index (χ4n) is 3.12. The van der Waals surface area contributed by atoms with Crippen LogP contribution in [0, 0.1) is 0 Å². The second kappa shape index (κ2) is 5.51. The summed E-state index contributed by atoms with van der Waals surface area (Å²) in [5, 5.41) is 3.62. The predicted octanol–water partition coefficient (Wildman–Crippen LogP) is 2.84. The summed E-state index contributed by atoms with van der Waals surface area (Å²) in [7, 11) is 0. The van der Waals surface area contributed by atoms with Crippen LogP contribution >= 0.6 is 0 Å². The molecule has 3 heteroatoms. The molecule has 0 radical (unpaired) electrons. The molecule has 0 aliphatic carbocycles. The van der Waals surface area contributed by atoms with Gasteiger partial charge in [-0.15, -0.1) is 0 Å². The first-order valence-corrected chi connectivity index (χ1v) is 7.37. The van der Waals surface area contributed by atoms with Gasteiger partial charge in [0.15, 0.2) is 0 Å². The molecule has 2 heterocycles. The molecule has 104 valence electrons. The highest BCUT2D eigenvalue weighted by Gasteiger charge is 2.33. The Balaban J connectivity index is 1.80. The predicted molar refractivity (Wildman–Crippen MR) is 75.5 cm³/mol. The first-order chi connectivity index (χ1) is 9.28. The minimum atomic E-state index is 0.0712. The molecule has 0 aromatic heterocycles. The summed E-state index contributed by atoms with van der Waals surface area (Å²) in [6.45, 7) is 5.03.